The van der Waals surface area contributed by atoms with Crippen LogP contribution in [0.2, 0.25) is 0 Å². The molecule has 0 saturated carbocycles. The zero-order valence-corrected chi connectivity index (χ0v) is 12.5. The highest BCUT2D eigenvalue weighted by Crippen LogP contribution is 2.08. The van der Waals surface area contributed by atoms with Gasteiger partial charge in [0.1, 0.15) is 0 Å². The summed E-state index contributed by atoms with van der Waals surface area (Å²) >= 11 is 0. The van der Waals surface area contributed by atoms with Gasteiger partial charge in [-0.15, -0.1) is 12.4 Å². The van der Waals surface area contributed by atoms with E-state index in [1.165, 1.54) is 0 Å². The Morgan fingerprint density at radius 3 is 2.62 bits per heavy atom. The summed E-state index contributed by atoms with van der Waals surface area (Å²) in [7, 11) is 0. The molecule has 1 saturated heterocycles. The van der Waals surface area contributed by atoms with E-state index in [-0.39, 0.29) is 24.4 Å². The van der Waals surface area contributed by atoms with Crippen molar-refractivity contribution in [3.8, 4) is 5.69 Å². The highest BCUT2D eigenvalue weighted by atomic mass is 35.5. The Labute approximate surface area is 130 Å². The van der Waals surface area contributed by atoms with E-state index < -0.39 is 0 Å². The van der Waals surface area contributed by atoms with Gasteiger partial charge in [0.2, 0.25) is 0 Å². The van der Waals surface area contributed by atoms with Gasteiger partial charge in [-0.3, -0.25) is 4.79 Å². The van der Waals surface area contributed by atoms with Crippen molar-refractivity contribution < 1.29 is 4.79 Å². The molecule has 112 valence electrons. The van der Waals surface area contributed by atoms with Gasteiger partial charge in [-0.2, -0.15) is 5.10 Å². The highest BCUT2D eigenvalue weighted by Gasteiger charge is 2.17. The molecule has 1 aromatic heterocycles. The number of carbonyl (C=O) groups is 1. The largest absolute Gasteiger partial charge is 0.348 e. The number of rotatable bonds is 3. The molecule has 21 heavy (non-hydrogen) atoms. The molecule has 1 aliphatic heterocycles. The van der Waals surface area contributed by atoms with Crippen LogP contribution in [0.3, 0.4) is 0 Å². The lowest BCUT2D eigenvalue weighted by molar-refractivity contribution is 0.0924. The molecule has 6 heteroatoms. The van der Waals surface area contributed by atoms with Crippen LogP contribution in [0.15, 0.2) is 42.6 Å². The monoisotopic (exact) mass is 306 g/mol. The normalized spacial score (nSPS) is 15.2. The van der Waals surface area contributed by atoms with E-state index in [9.17, 15) is 4.79 Å². The quantitative estimate of drug-likeness (QED) is 0.909. The molecular weight excluding hydrogens is 288 g/mol. The van der Waals surface area contributed by atoms with Gasteiger partial charge >= 0.3 is 0 Å². The third kappa shape index (κ3) is 3.83. The molecule has 2 heterocycles. The third-order valence-electron chi connectivity index (χ3n) is 3.52. The van der Waals surface area contributed by atoms with Crippen LogP contribution in [-0.2, 0) is 0 Å². The summed E-state index contributed by atoms with van der Waals surface area (Å²) in [6, 6.07) is 11.8. The number of nitrogens with one attached hydrogen (secondary N) is 2. The molecule has 1 fully saturated rings. The van der Waals surface area contributed by atoms with Gasteiger partial charge < -0.3 is 10.6 Å². The molecule has 0 unspecified atom stereocenters. The van der Waals surface area contributed by atoms with Crippen LogP contribution >= 0.6 is 12.4 Å². The lowest BCUT2D eigenvalue weighted by Gasteiger charge is -2.23. The Morgan fingerprint density at radius 2 is 1.90 bits per heavy atom. The number of amides is 1. The summed E-state index contributed by atoms with van der Waals surface area (Å²) in [6.07, 6.45) is 3.77. The molecule has 0 spiro atoms. The summed E-state index contributed by atoms with van der Waals surface area (Å²) in [5.41, 5.74) is 1.42. The van der Waals surface area contributed by atoms with E-state index in [4.69, 9.17) is 0 Å². The van der Waals surface area contributed by atoms with Gasteiger partial charge in [0, 0.05) is 12.2 Å². The molecule has 0 radical (unpaired) electrons. The second-order valence-electron chi connectivity index (χ2n) is 4.98. The summed E-state index contributed by atoms with van der Waals surface area (Å²) in [5, 5.41) is 10.7. The fraction of sp³-hybridized carbons (Fsp3) is 0.333. The van der Waals surface area contributed by atoms with Gasteiger partial charge in [-0.05, 0) is 44.1 Å². The Bertz CT molecular complexity index is 578. The first-order chi connectivity index (χ1) is 9.83. The Morgan fingerprint density at radius 1 is 1.19 bits per heavy atom. The number of aromatic nitrogens is 2. The predicted octanol–water partition coefficient (Wildman–Crippen LogP) is 1.78. The molecule has 2 aromatic rings. The maximum Gasteiger partial charge on any atom is 0.272 e. The number of carbonyl (C=O) groups excluding carboxylic acids is 1. The number of hydrogen-bond donors (Lipinski definition) is 2. The Hall–Kier alpha value is -1.85. The van der Waals surface area contributed by atoms with E-state index in [1.807, 2.05) is 36.5 Å². The SMILES string of the molecule is Cl.O=C(NC1CCNCC1)c1ccn(-c2ccccc2)n1. The minimum absolute atomic E-state index is 0. The summed E-state index contributed by atoms with van der Waals surface area (Å²) in [5.74, 6) is -0.0911. The van der Waals surface area contributed by atoms with E-state index in [1.54, 1.807) is 10.7 Å². The van der Waals surface area contributed by atoms with Crippen LogP contribution < -0.4 is 10.6 Å². The van der Waals surface area contributed by atoms with E-state index in [0.717, 1.165) is 31.6 Å². The minimum Gasteiger partial charge on any atom is -0.348 e. The first-order valence-corrected chi connectivity index (χ1v) is 6.95. The van der Waals surface area contributed by atoms with E-state index in [0.29, 0.717) is 5.69 Å². The Balaban J connectivity index is 0.00000161. The summed E-state index contributed by atoms with van der Waals surface area (Å²) in [4.78, 5) is 12.2. The average molecular weight is 307 g/mol. The first kappa shape index (κ1) is 15.5. The molecule has 3 rings (SSSR count). The summed E-state index contributed by atoms with van der Waals surface area (Å²) < 4.78 is 1.72. The first-order valence-electron chi connectivity index (χ1n) is 6.95. The van der Waals surface area contributed by atoms with Crippen LogP contribution in [0, 0.1) is 0 Å². The smallest absolute Gasteiger partial charge is 0.272 e. The van der Waals surface area contributed by atoms with Crippen LogP contribution in [0.25, 0.3) is 5.69 Å². The van der Waals surface area contributed by atoms with Crippen molar-refractivity contribution in [2.45, 2.75) is 18.9 Å². The van der Waals surface area contributed by atoms with Crippen molar-refractivity contribution in [3.05, 3.63) is 48.3 Å². The molecule has 1 aliphatic rings. The molecule has 0 aliphatic carbocycles. The highest BCUT2D eigenvalue weighted by molar-refractivity contribution is 5.92. The van der Waals surface area contributed by atoms with E-state index >= 15 is 0 Å². The number of hydrogen-bond acceptors (Lipinski definition) is 3. The molecule has 5 nitrogen and oxygen atoms in total. The Kier molecular flexibility index (Phi) is 5.36. The molecule has 1 amide bonds. The number of halogens is 1. The van der Waals surface area contributed by atoms with Gasteiger partial charge in [0.05, 0.1) is 5.69 Å². The van der Waals surface area contributed by atoms with Crippen LogP contribution in [-0.4, -0.2) is 34.8 Å². The van der Waals surface area contributed by atoms with Gasteiger partial charge in [-0.1, -0.05) is 18.2 Å². The van der Waals surface area contributed by atoms with Gasteiger partial charge in [-0.25, -0.2) is 4.68 Å². The lowest BCUT2D eigenvalue weighted by atomic mass is 10.1. The van der Waals surface area contributed by atoms with Crippen molar-refractivity contribution in [2.75, 3.05) is 13.1 Å². The zero-order valence-electron chi connectivity index (χ0n) is 11.7. The second kappa shape index (κ2) is 7.24. The maximum absolute atomic E-state index is 12.2. The van der Waals surface area contributed by atoms with Gasteiger partial charge in [0.15, 0.2) is 5.69 Å². The van der Waals surface area contributed by atoms with Crippen molar-refractivity contribution in [1.82, 2.24) is 20.4 Å². The molecule has 0 atom stereocenters. The number of nitrogens with zero attached hydrogens (tertiary/aromatic N) is 2. The van der Waals surface area contributed by atoms with E-state index in [2.05, 4.69) is 15.7 Å². The molecular formula is C15H19ClN4O. The summed E-state index contributed by atoms with van der Waals surface area (Å²) in [6.45, 7) is 1.92. The molecule has 1 aromatic carbocycles. The standard InChI is InChI=1S/C15H18N4O.ClH/c20-15(17-12-6-9-16-10-7-12)14-8-11-19(18-14)13-4-2-1-3-5-13;/h1-5,8,11-12,16H,6-7,9-10H2,(H,17,20);1H. The van der Waals surface area contributed by atoms with Crippen LogP contribution in [0.5, 0.6) is 0 Å². The average Bonchev–Trinajstić information content (AvgIpc) is 2.99. The predicted molar refractivity (Wildman–Crippen MR) is 84.2 cm³/mol. The second-order valence-corrected chi connectivity index (χ2v) is 4.98. The number of para-hydroxylation sites is 1. The van der Waals surface area contributed by atoms with Crippen LogP contribution in [0.4, 0.5) is 0 Å². The fourth-order valence-corrected chi connectivity index (χ4v) is 2.40. The van der Waals surface area contributed by atoms with Crippen LogP contribution in [0.1, 0.15) is 23.3 Å². The van der Waals surface area contributed by atoms with Crippen molar-refractivity contribution in [1.29, 1.82) is 0 Å². The number of benzene rings is 1. The lowest BCUT2D eigenvalue weighted by Crippen LogP contribution is -2.42. The molecule has 2 N–H and O–H groups in total. The third-order valence-corrected chi connectivity index (χ3v) is 3.52. The van der Waals surface area contributed by atoms with Crippen molar-refractivity contribution in [3.63, 3.8) is 0 Å². The topological polar surface area (TPSA) is 59.0 Å². The maximum atomic E-state index is 12.2. The molecule has 0 bridgehead atoms. The minimum atomic E-state index is -0.0911. The number of piperidine rings is 1. The fourth-order valence-electron chi connectivity index (χ4n) is 2.40. The van der Waals surface area contributed by atoms with Crippen molar-refractivity contribution >= 4 is 18.3 Å². The van der Waals surface area contributed by atoms with Crippen molar-refractivity contribution in [2.24, 2.45) is 0 Å². The van der Waals surface area contributed by atoms with Gasteiger partial charge in [0.25, 0.3) is 5.91 Å². The zero-order chi connectivity index (χ0) is 13.8.